The molecule has 1 fully saturated rings. The number of amides is 2. The van der Waals surface area contributed by atoms with Crippen molar-refractivity contribution in [2.24, 2.45) is 5.92 Å². The predicted molar refractivity (Wildman–Crippen MR) is 126 cm³/mol. The van der Waals surface area contributed by atoms with E-state index in [4.69, 9.17) is 4.74 Å². The summed E-state index contributed by atoms with van der Waals surface area (Å²) in [6.07, 6.45) is 0. The topological polar surface area (TPSA) is 53.1 Å². The molecule has 0 aromatic heterocycles. The Bertz CT molecular complexity index is 1050. The number of aryl methyl sites for hydroxylation is 1. The zero-order valence-electron chi connectivity index (χ0n) is 19.3. The normalized spacial score (nSPS) is 17.1. The molecule has 1 saturated heterocycles. The van der Waals surface area contributed by atoms with E-state index < -0.39 is 0 Å². The fourth-order valence-corrected chi connectivity index (χ4v) is 4.49. The van der Waals surface area contributed by atoms with Gasteiger partial charge in [-0.1, -0.05) is 44.2 Å². The van der Waals surface area contributed by atoms with Crippen LogP contribution in [0.4, 0.5) is 5.69 Å². The highest BCUT2D eigenvalue weighted by Gasteiger charge is 2.43. The van der Waals surface area contributed by atoms with Crippen LogP contribution in [-0.2, 0) is 9.59 Å². The summed E-state index contributed by atoms with van der Waals surface area (Å²) in [5, 5.41) is 0. The van der Waals surface area contributed by atoms with E-state index >= 15 is 0 Å². The van der Waals surface area contributed by atoms with Crippen LogP contribution in [0.1, 0.15) is 25.0 Å². The quantitative estimate of drug-likeness (QED) is 0.652. The first-order valence-corrected chi connectivity index (χ1v) is 11.2. The van der Waals surface area contributed by atoms with Gasteiger partial charge in [0.25, 0.3) is 11.8 Å². The Morgan fingerprint density at radius 2 is 1.59 bits per heavy atom. The van der Waals surface area contributed by atoms with Crippen molar-refractivity contribution < 1.29 is 14.3 Å². The average Bonchev–Trinajstić information content (AvgIpc) is 3.03. The Morgan fingerprint density at radius 1 is 0.906 bits per heavy atom. The number of anilines is 1. The molecule has 0 spiro atoms. The molecule has 0 N–H and O–H groups in total. The summed E-state index contributed by atoms with van der Waals surface area (Å²) in [7, 11) is 1.59. The highest BCUT2D eigenvalue weighted by atomic mass is 16.5. The van der Waals surface area contributed by atoms with Gasteiger partial charge in [-0.3, -0.25) is 14.5 Å². The summed E-state index contributed by atoms with van der Waals surface area (Å²) < 4.78 is 5.54. The van der Waals surface area contributed by atoms with Crippen molar-refractivity contribution >= 4 is 23.1 Å². The van der Waals surface area contributed by atoms with Gasteiger partial charge in [0.15, 0.2) is 0 Å². The zero-order chi connectivity index (χ0) is 22.8. The third kappa shape index (κ3) is 4.09. The van der Waals surface area contributed by atoms with Gasteiger partial charge in [0, 0.05) is 44.0 Å². The molecule has 2 aromatic carbocycles. The van der Waals surface area contributed by atoms with E-state index in [2.05, 4.69) is 41.0 Å². The zero-order valence-corrected chi connectivity index (χ0v) is 19.3. The van der Waals surface area contributed by atoms with Crippen LogP contribution in [-0.4, -0.2) is 61.4 Å². The molecule has 0 unspecified atom stereocenters. The minimum atomic E-state index is -0.232. The van der Waals surface area contributed by atoms with E-state index in [9.17, 15) is 9.59 Å². The first-order chi connectivity index (χ1) is 15.4. The molecule has 2 aliphatic rings. The second-order valence-corrected chi connectivity index (χ2v) is 8.85. The molecule has 6 nitrogen and oxygen atoms in total. The van der Waals surface area contributed by atoms with Gasteiger partial charge in [-0.2, -0.15) is 0 Å². The van der Waals surface area contributed by atoms with Gasteiger partial charge in [-0.05, 0) is 36.6 Å². The van der Waals surface area contributed by atoms with Crippen LogP contribution in [0.5, 0.6) is 5.75 Å². The van der Waals surface area contributed by atoms with Gasteiger partial charge in [0.05, 0.1) is 12.7 Å². The van der Waals surface area contributed by atoms with Crippen molar-refractivity contribution in [3.05, 3.63) is 65.4 Å². The lowest BCUT2D eigenvalue weighted by molar-refractivity contribution is -0.138. The van der Waals surface area contributed by atoms with E-state index in [0.717, 1.165) is 13.1 Å². The highest BCUT2D eigenvalue weighted by Crippen LogP contribution is 2.37. The van der Waals surface area contributed by atoms with E-state index in [1.807, 2.05) is 38.1 Å². The molecule has 4 rings (SSSR count). The maximum atomic E-state index is 13.5. The van der Waals surface area contributed by atoms with E-state index in [0.29, 0.717) is 42.2 Å². The Balaban J connectivity index is 1.67. The van der Waals surface area contributed by atoms with Crippen LogP contribution in [0, 0.1) is 12.8 Å². The van der Waals surface area contributed by atoms with E-state index in [1.54, 1.807) is 7.11 Å². The summed E-state index contributed by atoms with van der Waals surface area (Å²) in [4.78, 5) is 32.7. The van der Waals surface area contributed by atoms with E-state index in [1.165, 1.54) is 16.2 Å². The highest BCUT2D eigenvalue weighted by molar-refractivity contribution is 6.36. The summed E-state index contributed by atoms with van der Waals surface area (Å²) in [6.45, 7) is 9.46. The summed E-state index contributed by atoms with van der Waals surface area (Å²) in [6, 6.07) is 15.9. The fourth-order valence-electron chi connectivity index (χ4n) is 4.49. The smallest absolute Gasteiger partial charge is 0.277 e. The SMILES string of the molecule is COc1ccccc1C1=C(N2CCN(c3cccc(C)c3)CC2)C(=O)N(CC(C)C)C1=O. The maximum absolute atomic E-state index is 13.5. The number of hydrogen-bond acceptors (Lipinski definition) is 5. The molecule has 2 amide bonds. The first-order valence-electron chi connectivity index (χ1n) is 11.2. The van der Waals surface area contributed by atoms with Crippen LogP contribution in [0.25, 0.3) is 5.57 Å². The number of carbonyl (C=O) groups is 2. The van der Waals surface area contributed by atoms with Crippen LogP contribution in [0.3, 0.4) is 0 Å². The molecular formula is C26H31N3O3. The molecule has 2 aliphatic heterocycles. The van der Waals surface area contributed by atoms with Gasteiger partial charge >= 0.3 is 0 Å². The van der Waals surface area contributed by atoms with Crippen molar-refractivity contribution in [1.29, 1.82) is 0 Å². The number of benzene rings is 2. The van der Waals surface area contributed by atoms with Crippen molar-refractivity contribution in [2.75, 3.05) is 44.7 Å². The van der Waals surface area contributed by atoms with Gasteiger partial charge in [0.1, 0.15) is 11.4 Å². The fraction of sp³-hybridized carbons (Fsp3) is 0.385. The van der Waals surface area contributed by atoms with Crippen LogP contribution in [0.15, 0.2) is 54.2 Å². The van der Waals surface area contributed by atoms with Crippen molar-refractivity contribution in [1.82, 2.24) is 9.80 Å². The third-order valence-corrected chi connectivity index (χ3v) is 6.03. The van der Waals surface area contributed by atoms with Crippen LogP contribution < -0.4 is 9.64 Å². The number of rotatable bonds is 6. The Morgan fingerprint density at radius 3 is 2.25 bits per heavy atom. The van der Waals surface area contributed by atoms with Gasteiger partial charge in [0.2, 0.25) is 0 Å². The predicted octanol–water partition coefficient (Wildman–Crippen LogP) is 3.56. The largest absolute Gasteiger partial charge is 0.496 e. The summed E-state index contributed by atoms with van der Waals surface area (Å²) in [5.41, 5.74) is 4.06. The van der Waals surface area contributed by atoms with Crippen LogP contribution in [0.2, 0.25) is 0 Å². The van der Waals surface area contributed by atoms with Gasteiger partial charge < -0.3 is 14.5 Å². The molecule has 0 bridgehead atoms. The van der Waals surface area contributed by atoms with E-state index in [-0.39, 0.29) is 17.7 Å². The number of para-hydroxylation sites is 1. The van der Waals surface area contributed by atoms with Crippen LogP contribution >= 0.6 is 0 Å². The lowest BCUT2D eigenvalue weighted by Gasteiger charge is -2.38. The number of piperazine rings is 1. The summed E-state index contributed by atoms with van der Waals surface area (Å²) >= 11 is 0. The minimum absolute atomic E-state index is 0.194. The molecule has 0 saturated carbocycles. The Kier molecular flexibility index (Phi) is 6.21. The standard InChI is InChI=1S/C26H31N3O3/c1-18(2)17-29-25(30)23(21-10-5-6-11-22(21)32-4)24(26(29)31)28-14-12-27(13-15-28)20-9-7-8-19(3)16-20/h5-11,16,18H,12-15,17H2,1-4H3. The van der Waals surface area contributed by atoms with Gasteiger partial charge in [-0.25, -0.2) is 0 Å². The Labute approximate surface area is 190 Å². The monoisotopic (exact) mass is 433 g/mol. The lowest BCUT2D eigenvalue weighted by atomic mass is 10.0. The number of methoxy groups -OCH3 is 1. The molecule has 32 heavy (non-hydrogen) atoms. The first kappa shape index (κ1) is 21.9. The molecule has 6 heteroatoms. The molecule has 2 heterocycles. The molecule has 168 valence electrons. The lowest BCUT2D eigenvalue weighted by Crippen LogP contribution is -2.47. The second-order valence-electron chi connectivity index (χ2n) is 8.85. The molecule has 2 aromatic rings. The number of ether oxygens (including phenoxy) is 1. The molecule has 0 aliphatic carbocycles. The molecule has 0 atom stereocenters. The third-order valence-electron chi connectivity index (χ3n) is 6.03. The second kappa shape index (κ2) is 9.07. The Hall–Kier alpha value is -3.28. The maximum Gasteiger partial charge on any atom is 0.277 e. The average molecular weight is 434 g/mol. The van der Waals surface area contributed by atoms with Gasteiger partial charge in [-0.15, -0.1) is 0 Å². The number of nitrogens with zero attached hydrogens (tertiary/aromatic N) is 3. The number of imide groups is 1. The van der Waals surface area contributed by atoms with Crippen molar-refractivity contribution in [2.45, 2.75) is 20.8 Å². The summed E-state index contributed by atoms with van der Waals surface area (Å²) in [5.74, 6) is 0.364. The van der Waals surface area contributed by atoms with Crippen molar-refractivity contribution in [3.63, 3.8) is 0 Å². The minimum Gasteiger partial charge on any atom is -0.496 e. The number of hydrogen-bond donors (Lipinski definition) is 0. The molecule has 0 radical (unpaired) electrons. The molecular weight excluding hydrogens is 402 g/mol. The van der Waals surface area contributed by atoms with Crippen molar-refractivity contribution in [3.8, 4) is 5.75 Å². The number of carbonyl (C=O) groups excluding carboxylic acids is 2.